The average Bonchev–Trinajstić information content (AvgIpc) is 2.99. The zero-order valence-corrected chi connectivity index (χ0v) is 24.5. The number of hydrogen-bond acceptors (Lipinski definition) is 6. The van der Waals surface area contributed by atoms with Crippen molar-refractivity contribution in [2.24, 2.45) is 17.6 Å². The summed E-state index contributed by atoms with van der Waals surface area (Å²) in [6.45, 7) is -0.198. The van der Waals surface area contributed by atoms with E-state index in [1.165, 1.54) is 4.90 Å². The van der Waals surface area contributed by atoms with Crippen molar-refractivity contribution in [2.75, 3.05) is 13.1 Å². The number of hydrogen-bond donors (Lipinski definition) is 4. The number of rotatable bonds is 12. The van der Waals surface area contributed by atoms with E-state index in [-0.39, 0.29) is 32.0 Å². The largest absolute Gasteiger partial charge is 0.445 e. The third-order valence-electron chi connectivity index (χ3n) is 8.63. The number of alkyl halides is 3. The highest BCUT2D eigenvalue weighted by Gasteiger charge is 2.53. The van der Waals surface area contributed by atoms with E-state index >= 15 is 0 Å². The number of primary amides is 1. The van der Waals surface area contributed by atoms with Crippen molar-refractivity contribution < 1.29 is 37.4 Å². The summed E-state index contributed by atoms with van der Waals surface area (Å²) in [6.07, 6.45) is -3.68. The fraction of sp³-hybridized carbons (Fsp3) is 0.531. The van der Waals surface area contributed by atoms with Crippen LogP contribution in [0.1, 0.15) is 49.7 Å². The van der Waals surface area contributed by atoms with Gasteiger partial charge in [-0.15, -0.1) is 0 Å². The van der Waals surface area contributed by atoms with Gasteiger partial charge in [0.1, 0.15) is 18.7 Å². The molecular weight excluding hydrogens is 577 g/mol. The number of piperidine rings is 1. The topological polar surface area (TPSA) is 134 Å². The van der Waals surface area contributed by atoms with Gasteiger partial charge in [-0.05, 0) is 48.8 Å². The van der Waals surface area contributed by atoms with Crippen LogP contribution in [-0.2, 0) is 27.4 Å². The minimum absolute atomic E-state index is 0.00543. The van der Waals surface area contributed by atoms with Crippen molar-refractivity contribution in [3.63, 3.8) is 0 Å². The number of likely N-dealkylation sites (tertiary alicyclic amines) is 1. The molecule has 2 aliphatic rings. The minimum Gasteiger partial charge on any atom is -0.445 e. The van der Waals surface area contributed by atoms with E-state index in [0.29, 0.717) is 18.4 Å². The number of fused-ring (bicyclic) bond motifs is 1. The zero-order valence-electron chi connectivity index (χ0n) is 24.5. The number of aliphatic hydroxyl groups excluding tert-OH is 1. The van der Waals surface area contributed by atoms with E-state index in [0.717, 1.165) is 24.8 Å². The third-order valence-corrected chi connectivity index (χ3v) is 8.63. The number of β-amino-alcohol motifs (C(OH)–C–C–N with tert-alkyl or cyclic N) is 1. The van der Waals surface area contributed by atoms with Gasteiger partial charge in [0.15, 0.2) is 0 Å². The maximum atomic E-state index is 14.4. The lowest BCUT2D eigenvalue weighted by Crippen LogP contribution is -2.61. The third kappa shape index (κ3) is 9.43. The lowest BCUT2D eigenvalue weighted by molar-refractivity contribution is -0.219. The van der Waals surface area contributed by atoms with Crippen LogP contribution in [0.15, 0.2) is 60.7 Å². The molecule has 2 aromatic rings. The maximum absolute atomic E-state index is 14.4. The number of amides is 3. The number of aliphatic hydroxyl groups is 1. The van der Waals surface area contributed by atoms with Gasteiger partial charge in [0.2, 0.25) is 11.8 Å². The van der Waals surface area contributed by atoms with Crippen molar-refractivity contribution in [2.45, 2.75) is 82.0 Å². The summed E-state index contributed by atoms with van der Waals surface area (Å²) in [4.78, 5) is 39.0. The molecule has 1 aliphatic carbocycles. The molecule has 5 N–H and O–H groups in total. The first-order valence-electron chi connectivity index (χ1n) is 15.1. The second-order valence-electron chi connectivity index (χ2n) is 11.8. The van der Waals surface area contributed by atoms with Crippen LogP contribution in [-0.4, -0.2) is 71.4 Å². The van der Waals surface area contributed by atoms with Crippen LogP contribution in [0.2, 0.25) is 0 Å². The lowest BCUT2D eigenvalue weighted by atomic mass is 9.70. The number of carbonyl (C=O) groups excluding carboxylic acids is 3. The van der Waals surface area contributed by atoms with Crippen LogP contribution in [0, 0.1) is 11.8 Å². The Labute approximate surface area is 255 Å². The Bertz CT molecular complexity index is 1230. The van der Waals surface area contributed by atoms with Crippen molar-refractivity contribution in [3.05, 3.63) is 71.8 Å². The average molecular weight is 619 g/mol. The Morgan fingerprint density at radius 1 is 0.955 bits per heavy atom. The Morgan fingerprint density at radius 2 is 1.59 bits per heavy atom. The van der Waals surface area contributed by atoms with E-state index < -0.39 is 60.7 Å². The summed E-state index contributed by atoms with van der Waals surface area (Å²) in [6, 6.07) is 13.6. The highest BCUT2D eigenvalue weighted by molar-refractivity contribution is 5.90. The Kier molecular flexibility index (Phi) is 11.6. The summed E-state index contributed by atoms with van der Waals surface area (Å²) in [5.74, 6) is -2.21. The van der Waals surface area contributed by atoms with Crippen LogP contribution in [0.25, 0.3) is 0 Å². The molecule has 1 saturated carbocycles. The highest BCUT2D eigenvalue weighted by Crippen LogP contribution is 2.45. The first-order chi connectivity index (χ1) is 21.0. The summed E-state index contributed by atoms with van der Waals surface area (Å²) >= 11 is 0. The summed E-state index contributed by atoms with van der Waals surface area (Å²) in [5, 5.41) is 16.4. The van der Waals surface area contributed by atoms with E-state index in [1.807, 2.05) is 0 Å². The SMILES string of the molecule is NC(=O)C[C@H](NC(=O)OCc1ccccc1)C(=O)N[C@@H](Cc1ccccc1)[C@H](O)CN1CC[C@@H]2CCCC[C@@H]2[C@@H]1C(F)(F)F. The Morgan fingerprint density at radius 3 is 2.23 bits per heavy atom. The quantitative estimate of drug-likeness (QED) is 0.287. The molecule has 1 saturated heterocycles. The number of nitrogens with two attached hydrogens (primary N) is 1. The first kappa shape index (κ1) is 33.3. The maximum Gasteiger partial charge on any atom is 0.408 e. The second-order valence-corrected chi connectivity index (χ2v) is 11.8. The van der Waals surface area contributed by atoms with E-state index in [2.05, 4.69) is 10.6 Å². The van der Waals surface area contributed by atoms with E-state index in [4.69, 9.17) is 10.5 Å². The van der Waals surface area contributed by atoms with Crippen molar-refractivity contribution in [1.29, 1.82) is 0 Å². The fourth-order valence-corrected chi connectivity index (χ4v) is 6.53. The molecular formula is C32H41F3N4O5. The molecule has 1 aliphatic heterocycles. The molecule has 240 valence electrons. The minimum atomic E-state index is -4.46. The number of benzene rings is 2. The molecule has 0 bridgehead atoms. The van der Waals surface area contributed by atoms with Gasteiger partial charge in [-0.3, -0.25) is 14.5 Å². The summed E-state index contributed by atoms with van der Waals surface area (Å²) in [7, 11) is 0. The molecule has 9 nitrogen and oxygen atoms in total. The fourth-order valence-electron chi connectivity index (χ4n) is 6.53. The van der Waals surface area contributed by atoms with Crippen LogP contribution in [0.3, 0.4) is 0 Å². The van der Waals surface area contributed by atoms with Gasteiger partial charge in [0, 0.05) is 6.54 Å². The number of nitrogens with zero attached hydrogens (tertiary/aromatic N) is 1. The molecule has 44 heavy (non-hydrogen) atoms. The molecule has 6 atom stereocenters. The molecule has 0 spiro atoms. The number of halogens is 3. The van der Waals surface area contributed by atoms with Gasteiger partial charge < -0.3 is 26.2 Å². The van der Waals surface area contributed by atoms with Gasteiger partial charge in [-0.1, -0.05) is 79.9 Å². The van der Waals surface area contributed by atoms with Crippen LogP contribution >= 0.6 is 0 Å². The smallest absolute Gasteiger partial charge is 0.408 e. The molecule has 0 aromatic heterocycles. The number of alkyl carbamates (subject to hydrolysis) is 1. The predicted molar refractivity (Wildman–Crippen MR) is 157 cm³/mol. The molecule has 0 radical (unpaired) electrons. The van der Waals surface area contributed by atoms with Crippen LogP contribution in [0.4, 0.5) is 18.0 Å². The van der Waals surface area contributed by atoms with Crippen molar-refractivity contribution in [1.82, 2.24) is 15.5 Å². The molecule has 3 amide bonds. The zero-order chi connectivity index (χ0) is 31.7. The predicted octanol–water partition coefficient (Wildman–Crippen LogP) is 3.69. The lowest BCUT2D eigenvalue weighted by Gasteiger charge is -2.49. The summed E-state index contributed by atoms with van der Waals surface area (Å²) in [5.41, 5.74) is 6.79. The molecule has 1 heterocycles. The van der Waals surface area contributed by atoms with Gasteiger partial charge in [0.25, 0.3) is 0 Å². The standard InChI is InChI=1S/C32H41F3N4O5/c33-32(34,35)29-24-14-8-7-13-23(24)15-16-39(29)19-27(40)25(17-21-9-3-1-4-10-21)37-30(42)26(18-28(36)41)38-31(43)44-20-22-11-5-2-6-12-22/h1-6,9-12,23-27,29,40H,7-8,13-20H2,(H2,36,41)(H,37,42)(H,38,43)/t23-,24-,25-,26-,27+,29+/m0/s1. The normalized spacial score (nSPS) is 22.6. The van der Waals surface area contributed by atoms with Crippen molar-refractivity contribution in [3.8, 4) is 0 Å². The summed E-state index contributed by atoms with van der Waals surface area (Å²) < 4.78 is 48.4. The van der Waals surface area contributed by atoms with Gasteiger partial charge >= 0.3 is 12.3 Å². The second kappa shape index (κ2) is 15.4. The molecule has 4 rings (SSSR count). The van der Waals surface area contributed by atoms with E-state index in [9.17, 15) is 32.7 Å². The Hall–Kier alpha value is -3.64. The number of carbonyl (C=O) groups is 3. The monoisotopic (exact) mass is 618 g/mol. The van der Waals surface area contributed by atoms with Crippen molar-refractivity contribution >= 4 is 17.9 Å². The van der Waals surface area contributed by atoms with Gasteiger partial charge in [-0.2, -0.15) is 13.2 Å². The molecule has 12 heteroatoms. The Balaban J connectivity index is 1.48. The number of nitrogens with one attached hydrogen (secondary N) is 2. The first-order valence-corrected chi connectivity index (χ1v) is 15.1. The van der Waals surface area contributed by atoms with Gasteiger partial charge in [-0.25, -0.2) is 4.79 Å². The highest BCUT2D eigenvalue weighted by atomic mass is 19.4. The van der Waals surface area contributed by atoms with Crippen LogP contribution < -0.4 is 16.4 Å². The van der Waals surface area contributed by atoms with E-state index in [1.54, 1.807) is 60.7 Å². The van der Waals surface area contributed by atoms with Crippen LogP contribution in [0.5, 0.6) is 0 Å². The molecule has 2 fully saturated rings. The number of ether oxygens (including phenoxy) is 1. The van der Waals surface area contributed by atoms with Gasteiger partial charge in [0.05, 0.1) is 18.6 Å². The molecule has 2 aromatic carbocycles. The molecule has 0 unspecified atom stereocenters.